The average molecular weight is 210 g/mol. The van der Waals surface area contributed by atoms with Gasteiger partial charge in [-0.15, -0.1) is 0 Å². The summed E-state index contributed by atoms with van der Waals surface area (Å²) in [7, 11) is 0. The van der Waals surface area contributed by atoms with E-state index in [2.05, 4.69) is 16.9 Å². The van der Waals surface area contributed by atoms with Crippen molar-refractivity contribution in [2.24, 2.45) is 5.73 Å². The molecule has 15 heavy (non-hydrogen) atoms. The molecular weight excluding hydrogens is 192 g/mol. The molecule has 0 unspecified atom stereocenters. The normalized spacial score (nSPS) is 10.3. The lowest BCUT2D eigenvalue weighted by atomic mass is 10.3. The lowest BCUT2D eigenvalue weighted by Gasteiger charge is -2.22. The van der Waals surface area contributed by atoms with Gasteiger partial charge in [-0.3, -0.25) is 4.79 Å². The summed E-state index contributed by atoms with van der Waals surface area (Å²) in [6, 6.07) is 1.51. The zero-order valence-electron chi connectivity index (χ0n) is 9.29. The molecule has 1 heterocycles. The van der Waals surface area contributed by atoms with Crippen molar-refractivity contribution in [1.82, 2.24) is 9.97 Å². The highest BCUT2D eigenvalue weighted by atomic mass is 16.1. The Bertz CT molecular complexity index is 355. The SMILES string of the molecule is CCCN(CCN)c1cc(=O)[nH]c(C)n1. The fourth-order valence-corrected chi connectivity index (χ4v) is 1.49. The summed E-state index contributed by atoms with van der Waals surface area (Å²) in [5.74, 6) is 1.35. The number of H-pyrrole nitrogens is 1. The summed E-state index contributed by atoms with van der Waals surface area (Å²) in [5, 5.41) is 0. The third-order valence-electron chi connectivity index (χ3n) is 2.06. The Hall–Kier alpha value is -1.36. The summed E-state index contributed by atoms with van der Waals surface area (Å²) in [6.07, 6.45) is 1.01. The number of anilines is 1. The van der Waals surface area contributed by atoms with Gasteiger partial charge in [-0.2, -0.15) is 0 Å². The zero-order valence-corrected chi connectivity index (χ0v) is 9.29. The molecule has 0 bridgehead atoms. The molecule has 0 saturated carbocycles. The molecule has 0 saturated heterocycles. The van der Waals surface area contributed by atoms with Crippen molar-refractivity contribution in [2.75, 3.05) is 24.5 Å². The summed E-state index contributed by atoms with van der Waals surface area (Å²) < 4.78 is 0. The fourth-order valence-electron chi connectivity index (χ4n) is 1.49. The van der Waals surface area contributed by atoms with E-state index >= 15 is 0 Å². The van der Waals surface area contributed by atoms with Gasteiger partial charge in [0.25, 0.3) is 5.56 Å². The molecule has 0 radical (unpaired) electrons. The van der Waals surface area contributed by atoms with Crippen LogP contribution in [0, 0.1) is 6.92 Å². The number of nitrogens with one attached hydrogen (secondary N) is 1. The second kappa shape index (κ2) is 5.50. The Kier molecular flexibility index (Phi) is 4.30. The zero-order chi connectivity index (χ0) is 11.3. The van der Waals surface area contributed by atoms with Gasteiger partial charge in [0, 0.05) is 25.7 Å². The van der Waals surface area contributed by atoms with E-state index in [1.807, 2.05) is 4.90 Å². The molecule has 0 aliphatic rings. The van der Waals surface area contributed by atoms with Crippen molar-refractivity contribution in [3.05, 3.63) is 22.2 Å². The van der Waals surface area contributed by atoms with Crippen LogP contribution in [0.25, 0.3) is 0 Å². The molecule has 84 valence electrons. The Morgan fingerprint density at radius 3 is 2.80 bits per heavy atom. The van der Waals surface area contributed by atoms with Gasteiger partial charge in [0.2, 0.25) is 0 Å². The third kappa shape index (κ3) is 3.36. The average Bonchev–Trinajstić information content (AvgIpc) is 2.16. The highest BCUT2D eigenvalue weighted by Crippen LogP contribution is 2.07. The first-order chi connectivity index (χ1) is 7.17. The number of aromatic amines is 1. The fraction of sp³-hybridized carbons (Fsp3) is 0.600. The van der Waals surface area contributed by atoms with Crippen molar-refractivity contribution in [3.63, 3.8) is 0 Å². The van der Waals surface area contributed by atoms with E-state index in [9.17, 15) is 4.79 Å². The van der Waals surface area contributed by atoms with Crippen LogP contribution in [0.4, 0.5) is 5.82 Å². The van der Waals surface area contributed by atoms with Crippen LogP contribution in [0.15, 0.2) is 10.9 Å². The van der Waals surface area contributed by atoms with Crippen molar-refractivity contribution >= 4 is 5.82 Å². The van der Waals surface area contributed by atoms with Crippen molar-refractivity contribution < 1.29 is 0 Å². The Labute approximate surface area is 89.3 Å². The monoisotopic (exact) mass is 210 g/mol. The van der Waals surface area contributed by atoms with Gasteiger partial charge in [-0.05, 0) is 13.3 Å². The van der Waals surface area contributed by atoms with Crippen molar-refractivity contribution in [1.29, 1.82) is 0 Å². The second-order valence-corrected chi connectivity index (χ2v) is 3.46. The van der Waals surface area contributed by atoms with E-state index in [0.29, 0.717) is 18.2 Å². The lowest BCUT2D eigenvalue weighted by Crippen LogP contribution is -2.32. The molecule has 0 spiro atoms. The smallest absolute Gasteiger partial charge is 0.252 e. The van der Waals surface area contributed by atoms with E-state index in [-0.39, 0.29) is 5.56 Å². The van der Waals surface area contributed by atoms with Gasteiger partial charge in [-0.1, -0.05) is 6.92 Å². The summed E-state index contributed by atoms with van der Waals surface area (Å²) in [5.41, 5.74) is 5.40. The van der Waals surface area contributed by atoms with Gasteiger partial charge >= 0.3 is 0 Å². The van der Waals surface area contributed by atoms with Gasteiger partial charge in [0.05, 0.1) is 0 Å². The van der Waals surface area contributed by atoms with Crippen molar-refractivity contribution in [2.45, 2.75) is 20.3 Å². The van der Waals surface area contributed by atoms with Crippen LogP contribution in [-0.4, -0.2) is 29.6 Å². The van der Waals surface area contributed by atoms with Crippen LogP contribution in [0.3, 0.4) is 0 Å². The second-order valence-electron chi connectivity index (χ2n) is 3.46. The number of nitrogens with two attached hydrogens (primary N) is 1. The molecule has 0 aliphatic heterocycles. The molecular formula is C10H18N4O. The van der Waals surface area contributed by atoms with Crippen LogP contribution in [0.5, 0.6) is 0 Å². The summed E-state index contributed by atoms with van der Waals surface area (Å²) in [6.45, 7) is 6.02. The number of hydrogen-bond donors (Lipinski definition) is 2. The quantitative estimate of drug-likeness (QED) is 0.730. The van der Waals surface area contributed by atoms with E-state index in [4.69, 9.17) is 5.73 Å². The van der Waals surface area contributed by atoms with Crippen LogP contribution in [-0.2, 0) is 0 Å². The number of hydrogen-bond acceptors (Lipinski definition) is 4. The molecule has 1 rings (SSSR count). The molecule has 5 nitrogen and oxygen atoms in total. The predicted molar refractivity (Wildman–Crippen MR) is 61.2 cm³/mol. The minimum atomic E-state index is -0.115. The first-order valence-corrected chi connectivity index (χ1v) is 5.20. The van der Waals surface area contributed by atoms with Crippen LogP contribution in [0.2, 0.25) is 0 Å². The standard InChI is InChI=1S/C10H18N4O/c1-3-5-14(6-4-11)9-7-10(15)13-8(2)12-9/h7H,3-6,11H2,1-2H3,(H,12,13,15). The minimum absolute atomic E-state index is 0.115. The number of aryl methyl sites for hydroxylation is 1. The van der Waals surface area contributed by atoms with Crippen LogP contribution in [0.1, 0.15) is 19.2 Å². The first-order valence-electron chi connectivity index (χ1n) is 5.20. The topological polar surface area (TPSA) is 75.0 Å². The van der Waals surface area contributed by atoms with E-state index in [1.54, 1.807) is 6.92 Å². The highest BCUT2D eigenvalue weighted by Gasteiger charge is 2.07. The maximum atomic E-state index is 11.3. The van der Waals surface area contributed by atoms with E-state index in [0.717, 1.165) is 19.5 Å². The Morgan fingerprint density at radius 2 is 2.27 bits per heavy atom. The molecule has 0 fully saturated rings. The van der Waals surface area contributed by atoms with Gasteiger partial charge in [0.15, 0.2) is 0 Å². The number of nitrogens with zero attached hydrogens (tertiary/aromatic N) is 2. The molecule has 0 aromatic carbocycles. The van der Waals surface area contributed by atoms with Crippen molar-refractivity contribution in [3.8, 4) is 0 Å². The predicted octanol–water partition coefficient (Wildman–Crippen LogP) is 0.253. The third-order valence-corrected chi connectivity index (χ3v) is 2.06. The molecule has 0 aliphatic carbocycles. The molecule has 0 amide bonds. The van der Waals surface area contributed by atoms with Gasteiger partial charge in [0.1, 0.15) is 11.6 Å². The maximum absolute atomic E-state index is 11.3. The summed E-state index contributed by atoms with van der Waals surface area (Å²) >= 11 is 0. The molecule has 1 aromatic heterocycles. The maximum Gasteiger partial charge on any atom is 0.252 e. The molecule has 3 N–H and O–H groups in total. The van der Waals surface area contributed by atoms with E-state index in [1.165, 1.54) is 6.07 Å². The summed E-state index contributed by atoms with van der Waals surface area (Å²) in [4.78, 5) is 20.2. The molecule has 1 aromatic rings. The molecule has 0 atom stereocenters. The van der Waals surface area contributed by atoms with Gasteiger partial charge < -0.3 is 15.6 Å². The van der Waals surface area contributed by atoms with Gasteiger partial charge in [-0.25, -0.2) is 4.98 Å². The van der Waals surface area contributed by atoms with Crippen LogP contribution >= 0.6 is 0 Å². The Balaban J connectivity index is 2.93. The van der Waals surface area contributed by atoms with Crippen LogP contribution < -0.4 is 16.2 Å². The molecule has 5 heteroatoms. The number of rotatable bonds is 5. The number of aromatic nitrogens is 2. The Morgan fingerprint density at radius 1 is 1.53 bits per heavy atom. The van der Waals surface area contributed by atoms with E-state index < -0.39 is 0 Å². The minimum Gasteiger partial charge on any atom is -0.355 e. The highest BCUT2D eigenvalue weighted by molar-refractivity contribution is 5.37. The largest absolute Gasteiger partial charge is 0.355 e. The first kappa shape index (κ1) is 11.7. The lowest BCUT2D eigenvalue weighted by molar-refractivity contribution is 0.745.